The molecule has 2 rings (SSSR count). The van der Waals surface area contributed by atoms with Crippen LogP contribution >= 0.6 is 11.3 Å². The van der Waals surface area contributed by atoms with Crippen molar-refractivity contribution in [3.8, 4) is 0 Å². The molecular weight excluding hydrogens is 204 g/mol. The number of nitrogens with zero attached hydrogens (tertiary/aromatic N) is 1. The summed E-state index contributed by atoms with van der Waals surface area (Å²) in [5.74, 6) is 0. The Labute approximate surface area is 96.3 Å². The quantitative estimate of drug-likeness (QED) is 0.848. The standard InChI is InChI=1S/C12H20N2S/c1-9-5-7-15-12(9)10(2)13-11-4-6-14(3)8-11/h5,7,10-11,13H,4,6,8H2,1-3H3. The minimum Gasteiger partial charge on any atom is -0.305 e. The van der Waals surface area contributed by atoms with E-state index in [-0.39, 0.29) is 0 Å². The van der Waals surface area contributed by atoms with Crippen molar-refractivity contribution in [2.45, 2.75) is 32.4 Å². The Balaban J connectivity index is 1.92. The van der Waals surface area contributed by atoms with Crippen LogP contribution in [0, 0.1) is 6.92 Å². The van der Waals surface area contributed by atoms with E-state index in [4.69, 9.17) is 0 Å². The summed E-state index contributed by atoms with van der Waals surface area (Å²) in [6, 6.07) is 3.38. The van der Waals surface area contributed by atoms with Gasteiger partial charge in [-0.3, -0.25) is 0 Å². The van der Waals surface area contributed by atoms with Crippen LogP contribution in [0.25, 0.3) is 0 Å². The van der Waals surface area contributed by atoms with Crippen LogP contribution in [-0.4, -0.2) is 31.1 Å². The number of likely N-dealkylation sites (tertiary alicyclic amines) is 1. The zero-order valence-electron chi connectivity index (χ0n) is 9.79. The molecule has 0 amide bonds. The lowest BCUT2D eigenvalue weighted by Gasteiger charge is -2.19. The summed E-state index contributed by atoms with van der Waals surface area (Å²) >= 11 is 1.87. The van der Waals surface area contributed by atoms with E-state index in [1.54, 1.807) is 0 Å². The Hall–Kier alpha value is -0.380. The van der Waals surface area contributed by atoms with Crippen molar-refractivity contribution < 1.29 is 0 Å². The average Bonchev–Trinajstić information content (AvgIpc) is 2.75. The first-order chi connectivity index (χ1) is 7.16. The van der Waals surface area contributed by atoms with Gasteiger partial charge in [0.1, 0.15) is 0 Å². The predicted molar refractivity (Wildman–Crippen MR) is 66.5 cm³/mol. The first kappa shape index (κ1) is 11.1. The Bertz CT molecular complexity index is 321. The van der Waals surface area contributed by atoms with Crippen molar-refractivity contribution in [3.63, 3.8) is 0 Å². The zero-order valence-corrected chi connectivity index (χ0v) is 10.6. The minimum absolute atomic E-state index is 0.501. The van der Waals surface area contributed by atoms with Gasteiger partial charge in [0, 0.05) is 23.5 Å². The molecule has 0 spiro atoms. The molecule has 2 nitrogen and oxygen atoms in total. The third kappa shape index (κ3) is 2.60. The van der Waals surface area contributed by atoms with Crippen LogP contribution in [0.4, 0.5) is 0 Å². The lowest BCUT2D eigenvalue weighted by atomic mass is 10.1. The Morgan fingerprint density at radius 3 is 2.93 bits per heavy atom. The molecule has 0 saturated carbocycles. The normalized spacial score (nSPS) is 24.6. The fourth-order valence-corrected chi connectivity index (χ4v) is 3.27. The molecule has 1 aromatic rings. The van der Waals surface area contributed by atoms with E-state index in [0.717, 1.165) is 0 Å². The highest BCUT2D eigenvalue weighted by Crippen LogP contribution is 2.24. The summed E-state index contributed by atoms with van der Waals surface area (Å²) in [7, 11) is 2.20. The van der Waals surface area contributed by atoms with Gasteiger partial charge in [-0.15, -0.1) is 11.3 Å². The second-order valence-corrected chi connectivity index (χ2v) is 5.55. The van der Waals surface area contributed by atoms with Crippen LogP contribution in [0.1, 0.15) is 29.8 Å². The molecule has 1 aliphatic rings. The summed E-state index contributed by atoms with van der Waals surface area (Å²) in [5, 5.41) is 5.91. The lowest BCUT2D eigenvalue weighted by molar-refractivity contribution is 0.388. The summed E-state index contributed by atoms with van der Waals surface area (Å²) < 4.78 is 0. The molecule has 0 radical (unpaired) electrons. The molecule has 84 valence electrons. The lowest BCUT2D eigenvalue weighted by Crippen LogP contribution is -2.33. The van der Waals surface area contributed by atoms with Crippen LogP contribution in [0.2, 0.25) is 0 Å². The Kier molecular flexibility index (Phi) is 3.44. The zero-order chi connectivity index (χ0) is 10.8. The van der Waals surface area contributed by atoms with Gasteiger partial charge in [-0.2, -0.15) is 0 Å². The number of rotatable bonds is 3. The summed E-state index contributed by atoms with van der Waals surface area (Å²) in [6.45, 7) is 6.89. The maximum absolute atomic E-state index is 3.72. The highest BCUT2D eigenvalue weighted by Gasteiger charge is 2.21. The predicted octanol–water partition coefficient (Wildman–Crippen LogP) is 2.41. The fourth-order valence-electron chi connectivity index (χ4n) is 2.33. The maximum Gasteiger partial charge on any atom is 0.0391 e. The third-order valence-corrected chi connectivity index (χ3v) is 4.37. The van der Waals surface area contributed by atoms with Gasteiger partial charge < -0.3 is 10.2 Å². The highest BCUT2D eigenvalue weighted by molar-refractivity contribution is 7.10. The van der Waals surface area contributed by atoms with Crippen LogP contribution in [0.15, 0.2) is 11.4 Å². The number of thiophene rings is 1. The van der Waals surface area contributed by atoms with Crippen molar-refractivity contribution in [1.29, 1.82) is 0 Å². The molecule has 1 fully saturated rings. The Morgan fingerprint density at radius 1 is 1.60 bits per heavy atom. The van der Waals surface area contributed by atoms with Gasteiger partial charge in [0.2, 0.25) is 0 Å². The molecule has 2 heterocycles. The van der Waals surface area contributed by atoms with Crippen molar-refractivity contribution in [2.75, 3.05) is 20.1 Å². The van der Waals surface area contributed by atoms with E-state index < -0.39 is 0 Å². The first-order valence-electron chi connectivity index (χ1n) is 5.65. The molecule has 1 N–H and O–H groups in total. The summed E-state index contributed by atoms with van der Waals surface area (Å²) in [4.78, 5) is 3.88. The molecule has 2 atom stereocenters. The van der Waals surface area contributed by atoms with E-state index in [9.17, 15) is 0 Å². The number of hydrogen-bond donors (Lipinski definition) is 1. The first-order valence-corrected chi connectivity index (χ1v) is 6.53. The van der Waals surface area contributed by atoms with Gasteiger partial charge >= 0.3 is 0 Å². The van der Waals surface area contributed by atoms with Crippen molar-refractivity contribution in [1.82, 2.24) is 10.2 Å². The van der Waals surface area contributed by atoms with E-state index >= 15 is 0 Å². The maximum atomic E-state index is 3.72. The van der Waals surface area contributed by atoms with Gasteiger partial charge in [0.05, 0.1) is 0 Å². The van der Waals surface area contributed by atoms with E-state index in [1.165, 1.54) is 30.0 Å². The van der Waals surface area contributed by atoms with Crippen molar-refractivity contribution in [2.24, 2.45) is 0 Å². The molecule has 3 heteroatoms. The second kappa shape index (κ2) is 4.64. The van der Waals surface area contributed by atoms with E-state index in [2.05, 4.69) is 42.6 Å². The van der Waals surface area contributed by atoms with Crippen LogP contribution in [0.5, 0.6) is 0 Å². The molecule has 1 aliphatic heterocycles. The molecule has 0 bridgehead atoms. The van der Waals surface area contributed by atoms with E-state index in [0.29, 0.717) is 12.1 Å². The molecule has 1 aromatic heterocycles. The van der Waals surface area contributed by atoms with Gasteiger partial charge in [-0.1, -0.05) is 0 Å². The number of aryl methyl sites for hydroxylation is 1. The molecule has 15 heavy (non-hydrogen) atoms. The molecular formula is C12H20N2S. The second-order valence-electron chi connectivity index (χ2n) is 4.60. The smallest absolute Gasteiger partial charge is 0.0391 e. The Morgan fingerprint density at radius 2 is 2.40 bits per heavy atom. The molecule has 0 aliphatic carbocycles. The van der Waals surface area contributed by atoms with Crippen LogP contribution < -0.4 is 5.32 Å². The van der Waals surface area contributed by atoms with Crippen molar-refractivity contribution in [3.05, 3.63) is 21.9 Å². The molecule has 2 unspecified atom stereocenters. The minimum atomic E-state index is 0.501. The van der Waals surface area contributed by atoms with Crippen molar-refractivity contribution >= 4 is 11.3 Å². The van der Waals surface area contributed by atoms with E-state index in [1.807, 2.05) is 11.3 Å². The number of nitrogens with one attached hydrogen (secondary N) is 1. The average molecular weight is 224 g/mol. The highest BCUT2D eigenvalue weighted by atomic mass is 32.1. The molecule has 1 saturated heterocycles. The van der Waals surface area contributed by atoms with Crippen LogP contribution in [0.3, 0.4) is 0 Å². The van der Waals surface area contributed by atoms with Gasteiger partial charge in [0.15, 0.2) is 0 Å². The van der Waals surface area contributed by atoms with Gasteiger partial charge in [-0.05, 0) is 50.9 Å². The monoisotopic (exact) mass is 224 g/mol. The number of hydrogen-bond acceptors (Lipinski definition) is 3. The fraction of sp³-hybridized carbons (Fsp3) is 0.667. The molecule has 0 aromatic carbocycles. The largest absolute Gasteiger partial charge is 0.305 e. The summed E-state index contributed by atoms with van der Waals surface area (Å²) in [5.41, 5.74) is 1.42. The third-order valence-electron chi connectivity index (χ3n) is 3.17. The summed E-state index contributed by atoms with van der Waals surface area (Å²) in [6.07, 6.45) is 1.28. The SMILES string of the molecule is Cc1ccsc1C(C)NC1CCN(C)C1. The topological polar surface area (TPSA) is 15.3 Å². The van der Waals surface area contributed by atoms with Gasteiger partial charge in [0.25, 0.3) is 0 Å². The van der Waals surface area contributed by atoms with Gasteiger partial charge in [-0.25, -0.2) is 0 Å². The number of likely N-dealkylation sites (N-methyl/N-ethyl adjacent to an activating group) is 1. The van der Waals surface area contributed by atoms with Crippen LogP contribution in [-0.2, 0) is 0 Å².